The van der Waals surface area contributed by atoms with Crippen molar-refractivity contribution >= 4 is 45.0 Å². The highest BCUT2D eigenvalue weighted by atomic mass is 35.5. The molecule has 0 saturated carbocycles. The van der Waals surface area contributed by atoms with Gasteiger partial charge in [-0.25, -0.2) is 9.97 Å². The molecule has 5 rings (SSSR count). The first-order valence-corrected chi connectivity index (χ1v) is 16.3. The number of fused-ring (bicyclic) bond motifs is 2. The lowest BCUT2D eigenvalue weighted by atomic mass is 10.2. The van der Waals surface area contributed by atoms with Crippen LogP contribution in [0.1, 0.15) is 11.4 Å². The molecule has 0 aliphatic carbocycles. The first-order chi connectivity index (χ1) is 22.6. The molecule has 2 aromatic heterocycles. The van der Waals surface area contributed by atoms with Crippen LogP contribution < -0.4 is 9.47 Å². The van der Waals surface area contributed by atoms with Crippen molar-refractivity contribution in [3.05, 3.63) is 70.0 Å². The van der Waals surface area contributed by atoms with E-state index in [1.165, 1.54) is 0 Å². The monoisotopic (exact) mass is 672 g/mol. The minimum absolute atomic E-state index is 0.518. The van der Waals surface area contributed by atoms with Gasteiger partial charge in [0.05, 0.1) is 88.5 Å². The van der Waals surface area contributed by atoms with E-state index in [1.807, 2.05) is 48.5 Å². The van der Waals surface area contributed by atoms with Gasteiger partial charge < -0.3 is 28.4 Å². The van der Waals surface area contributed by atoms with Gasteiger partial charge >= 0.3 is 0 Å². The van der Waals surface area contributed by atoms with Gasteiger partial charge in [-0.3, -0.25) is 9.80 Å². The Balaban J connectivity index is 1.14. The Morgan fingerprint density at radius 2 is 0.913 bits per heavy atom. The van der Waals surface area contributed by atoms with Crippen LogP contribution in [0.2, 0.25) is 10.0 Å². The van der Waals surface area contributed by atoms with E-state index in [4.69, 9.17) is 61.6 Å². The molecule has 12 heteroatoms. The zero-order chi connectivity index (χ0) is 32.1. The zero-order valence-corrected chi connectivity index (χ0v) is 28.0. The normalized spacial score (nSPS) is 17.5. The van der Waals surface area contributed by atoms with Crippen molar-refractivity contribution in [1.82, 2.24) is 19.8 Å². The topological polar surface area (TPSA) is 87.6 Å². The van der Waals surface area contributed by atoms with Crippen molar-refractivity contribution in [3.8, 4) is 11.5 Å². The third kappa shape index (κ3) is 9.62. The zero-order valence-electron chi connectivity index (χ0n) is 26.5. The van der Waals surface area contributed by atoms with Gasteiger partial charge in [0.2, 0.25) is 0 Å². The summed E-state index contributed by atoms with van der Waals surface area (Å²) in [5, 5.41) is 3.05. The summed E-state index contributed by atoms with van der Waals surface area (Å²) in [6.07, 6.45) is 0. The number of methoxy groups -OCH3 is 2. The predicted molar refractivity (Wildman–Crippen MR) is 180 cm³/mol. The van der Waals surface area contributed by atoms with E-state index in [1.54, 1.807) is 14.2 Å². The van der Waals surface area contributed by atoms with Crippen molar-refractivity contribution in [2.24, 2.45) is 0 Å². The SMILES string of the molecule is COc1ccc(Cl)c2ccc(CN3CCOCCOCCN(Cc4ccc5c(Cl)ccc(OC)c5n4)CCOCCOCC3)nc12. The van der Waals surface area contributed by atoms with E-state index in [0.29, 0.717) is 87.5 Å². The molecule has 0 N–H and O–H groups in total. The maximum atomic E-state index is 6.40. The Hall–Kier alpha value is -2.80. The fourth-order valence-electron chi connectivity index (χ4n) is 5.32. The number of aromatic nitrogens is 2. The van der Waals surface area contributed by atoms with E-state index in [2.05, 4.69) is 9.80 Å². The van der Waals surface area contributed by atoms with Crippen LogP contribution in [0.3, 0.4) is 0 Å². The maximum Gasteiger partial charge on any atom is 0.145 e. The number of ether oxygens (including phenoxy) is 6. The molecule has 248 valence electrons. The fraction of sp³-hybridized carbons (Fsp3) is 0.471. The van der Waals surface area contributed by atoms with Crippen LogP contribution in [0.15, 0.2) is 48.5 Å². The van der Waals surface area contributed by atoms with Crippen LogP contribution >= 0.6 is 23.2 Å². The number of nitrogens with zero attached hydrogens (tertiary/aromatic N) is 4. The highest BCUT2D eigenvalue weighted by Crippen LogP contribution is 2.31. The van der Waals surface area contributed by atoms with Gasteiger partial charge in [0.1, 0.15) is 22.5 Å². The highest BCUT2D eigenvalue weighted by molar-refractivity contribution is 6.36. The summed E-state index contributed by atoms with van der Waals surface area (Å²) >= 11 is 12.8. The standard InChI is InChI=1S/C34H42Cl2N4O6/c1-41-31-9-7-29(35)27-5-3-25(37-33(27)31)23-39-11-15-43-19-21-45-17-13-40(14-18-46-22-20-44-16-12-39)24-26-4-6-28-30(36)8-10-32(42-2)34(28)38-26/h3-10H,11-24H2,1-2H3. The number of rotatable bonds is 6. The number of hydrogen-bond donors (Lipinski definition) is 0. The molecule has 1 fully saturated rings. The Labute approximate surface area is 280 Å². The smallest absolute Gasteiger partial charge is 0.145 e. The molecule has 1 saturated heterocycles. The molecule has 1 aliphatic rings. The second-order valence-corrected chi connectivity index (χ2v) is 11.7. The largest absolute Gasteiger partial charge is 0.494 e. The van der Waals surface area contributed by atoms with Crippen LogP contribution in [-0.2, 0) is 32.0 Å². The summed E-state index contributed by atoms with van der Waals surface area (Å²) in [4.78, 5) is 14.3. The maximum absolute atomic E-state index is 6.40. The van der Waals surface area contributed by atoms with Gasteiger partial charge in [-0.2, -0.15) is 0 Å². The van der Waals surface area contributed by atoms with Gasteiger partial charge in [0, 0.05) is 50.0 Å². The third-order valence-electron chi connectivity index (χ3n) is 7.81. The summed E-state index contributed by atoms with van der Waals surface area (Å²) < 4.78 is 34.8. The molecule has 0 spiro atoms. The molecule has 2 aromatic carbocycles. The molecular weight excluding hydrogens is 631 g/mol. The molecule has 4 aromatic rings. The van der Waals surface area contributed by atoms with Crippen molar-refractivity contribution in [1.29, 1.82) is 0 Å². The Kier molecular flexibility index (Phi) is 13.5. The quantitative estimate of drug-likeness (QED) is 0.262. The van der Waals surface area contributed by atoms with E-state index in [-0.39, 0.29) is 0 Å². The van der Waals surface area contributed by atoms with E-state index < -0.39 is 0 Å². The van der Waals surface area contributed by atoms with Crippen molar-refractivity contribution in [2.75, 3.05) is 93.3 Å². The average molecular weight is 674 g/mol. The van der Waals surface area contributed by atoms with Gasteiger partial charge in [0.25, 0.3) is 0 Å². The van der Waals surface area contributed by atoms with E-state index in [0.717, 1.165) is 59.4 Å². The first-order valence-electron chi connectivity index (χ1n) is 15.6. The van der Waals surface area contributed by atoms with Gasteiger partial charge in [-0.1, -0.05) is 23.2 Å². The minimum Gasteiger partial charge on any atom is -0.494 e. The molecule has 0 bridgehead atoms. The average Bonchev–Trinajstić information content (AvgIpc) is 3.06. The summed E-state index contributed by atoms with van der Waals surface area (Å²) in [7, 11) is 3.28. The molecule has 3 heterocycles. The summed E-state index contributed by atoms with van der Waals surface area (Å²) in [6.45, 7) is 8.58. The van der Waals surface area contributed by atoms with Crippen molar-refractivity contribution in [2.45, 2.75) is 13.1 Å². The summed E-state index contributed by atoms with van der Waals surface area (Å²) in [5.74, 6) is 1.40. The lowest BCUT2D eigenvalue weighted by Gasteiger charge is -2.23. The molecule has 0 radical (unpaired) electrons. The number of benzene rings is 2. The van der Waals surface area contributed by atoms with Crippen LogP contribution in [0, 0.1) is 0 Å². The fourth-order valence-corrected chi connectivity index (χ4v) is 5.75. The third-order valence-corrected chi connectivity index (χ3v) is 8.47. The number of pyridine rings is 2. The highest BCUT2D eigenvalue weighted by Gasteiger charge is 2.14. The van der Waals surface area contributed by atoms with Crippen molar-refractivity contribution < 1.29 is 28.4 Å². The minimum atomic E-state index is 0.518. The molecule has 1 aliphatic heterocycles. The van der Waals surface area contributed by atoms with Gasteiger partial charge in [-0.05, 0) is 48.5 Å². The second-order valence-electron chi connectivity index (χ2n) is 10.9. The lowest BCUT2D eigenvalue weighted by molar-refractivity contribution is 0.00601. The predicted octanol–water partition coefficient (Wildman–Crippen LogP) is 5.49. The van der Waals surface area contributed by atoms with Crippen LogP contribution in [0.5, 0.6) is 11.5 Å². The van der Waals surface area contributed by atoms with E-state index >= 15 is 0 Å². The van der Waals surface area contributed by atoms with Crippen molar-refractivity contribution in [3.63, 3.8) is 0 Å². The number of hydrogen-bond acceptors (Lipinski definition) is 10. The summed E-state index contributed by atoms with van der Waals surface area (Å²) in [6, 6.07) is 15.4. The number of halogens is 2. The molecule has 10 nitrogen and oxygen atoms in total. The molecule has 0 atom stereocenters. The molecule has 46 heavy (non-hydrogen) atoms. The van der Waals surface area contributed by atoms with Gasteiger partial charge in [-0.15, -0.1) is 0 Å². The van der Waals surface area contributed by atoms with Crippen LogP contribution in [0.25, 0.3) is 21.8 Å². The molecular formula is C34H42Cl2N4O6. The second kappa shape index (κ2) is 17.9. The first kappa shape index (κ1) is 34.5. The summed E-state index contributed by atoms with van der Waals surface area (Å²) in [5.41, 5.74) is 3.36. The van der Waals surface area contributed by atoms with Gasteiger partial charge in [0.15, 0.2) is 0 Å². The van der Waals surface area contributed by atoms with Crippen LogP contribution in [0.4, 0.5) is 0 Å². The van der Waals surface area contributed by atoms with E-state index in [9.17, 15) is 0 Å². The Morgan fingerprint density at radius 1 is 0.543 bits per heavy atom. The Morgan fingerprint density at radius 3 is 1.26 bits per heavy atom. The van der Waals surface area contributed by atoms with Crippen LogP contribution in [-0.4, -0.2) is 113 Å². The Bertz CT molecular complexity index is 1430. The molecule has 0 unspecified atom stereocenters. The lowest BCUT2D eigenvalue weighted by Crippen LogP contribution is -2.33. The molecule has 0 amide bonds.